The monoisotopic (exact) mass is 440 g/mol. The van der Waals surface area contributed by atoms with Crippen molar-refractivity contribution in [3.8, 4) is 12.3 Å². The van der Waals surface area contributed by atoms with Crippen molar-refractivity contribution in [2.45, 2.75) is 17.7 Å². The van der Waals surface area contributed by atoms with Gasteiger partial charge in [0.15, 0.2) is 0 Å². The maximum atomic E-state index is 12.6. The third-order valence-electron chi connectivity index (χ3n) is 3.44. The fourth-order valence-corrected chi connectivity index (χ4v) is 6.05. The summed E-state index contributed by atoms with van der Waals surface area (Å²) in [7, 11) is -3.93. The average Bonchev–Trinajstić information content (AvgIpc) is 3.19. The first kappa shape index (κ1) is 19.6. The molecule has 0 aliphatic rings. The van der Waals surface area contributed by atoms with E-state index in [1.165, 1.54) is 12.1 Å². The summed E-state index contributed by atoms with van der Waals surface area (Å²) in [6.45, 7) is 2.13. The Kier molecular flexibility index (Phi) is 5.72. The number of benzene rings is 1. The van der Waals surface area contributed by atoms with E-state index in [0.29, 0.717) is 20.1 Å². The van der Waals surface area contributed by atoms with Crippen molar-refractivity contribution in [3.63, 3.8) is 0 Å². The molecule has 1 aromatic carbocycles. The molecule has 0 amide bonds. The summed E-state index contributed by atoms with van der Waals surface area (Å²) < 4.78 is 36.7. The van der Waals surface area contributed by atoms with Crippen LogP contribution in [0.3, 0.4) is 0 Å². The van der Waals surface area contributed by atoms with Crippen LogP contribution in [0.15, 0.2) is 38.9 Å². The molecule has 2 heterocycles. The van der Waals surface area contributed by atoms with Gasteiger partial charge in [0.25, 0.3) is 10.0 Å². The summed E-state index contributed by atoms with van der Waals surface area (Å²) in [6.07, 6.45) is 5.43. The lowest BCUT2D eigenvalue weighted by Gasteiger charge is -2.03. The molecule has 0 atom stereocenters. The Bertz CT molecular complexity index is 1230. The van der Waals surface area contributed by atoms with Gasteiger partial charge in [-0.05, 0) is 37.3 Å². The number of carbonyl (C=O) groups excluding carboxylic acids is 1. The van der Waals surface area contributed by atoms with Gasteiger partial charge < -0.3 is 9.30 Å². The Labute approximate surface area is 168 Å². The number of aromatic nitrogens is 1. The first-order chi connectivity index (χ1) is 12.9. The zero-order valence-electron chi connectivity index (χ0n) is 14.0. The summed E-state index contributed by atoms with van der Waals surface area (Å²) in [5.41, 5.74) is 1.06. The standard InChI is InChI=1S/C17H13ClN2O4S3/c1-3-9-20-12-6-5-11(16(21)24-4-2)10-13(12)25-17(20)19-27(22,23)15-8-7-14(18)26-15/h1,5-8,10H,4,9H2,2H3. The molecule has 0 saturated heterocycles. The first-order valence-electron chi connectivity index (χ1n) is 7.66. The number of rotatable bonds is 5. The number of ether oxygens (including phenoxy) is 1. The number of fused-ring (bicyclic) bond motifs is 1. The van der Waals surface area contributed by atoms with Gasteiger partial charge in [-0.25, -0.2) is 4.79 Å². The second-order valence-corrected chi connectivity index (χ2v) is 9.76. The smallest absolute Gasteiger partial charge is 0.338 e. The molecular weight excluding hydrogens is 428 g/mol. The molecule has 3 aromatic rings. The van der Waals surface area contributed by atoms with Crippen molar-refractivity contribution >= 4 is 60.5 Å². The van der Waals surface area contributed by atoms with Crippen molar-refractivity contribution in [2.75, 3.05) is 6.61 Å². The van der Waals surface area contributed by atoms with Crippen molar-refractivity contribution in [1.82, 2.24) is 4.57 Å². The minimum Gasteiger partial charge on any atom is -0.462 e. The Morgan fingerprint density at radius 1 is 1.33 bits per heavy atom. The molecule has 0 radical (unpaired) electrons. The van der Waals surface area contributed by atoms with Crippen LogP contribution in [0.25, 0.3) is 10.2 Å². The van der Waals surface area contributed by atoms with E-state index in [0.717, 1.165) is 22.7 Å². The fourth-order valence-electron chi connectivity index (χ4n) is 2.31. The molecule has 10 heteroatoms. The third-order valence-corrected chi connectivity index (χ3v) is 7.57. The number of terminal acetylenes is 1. The number of thiazole rings is 1. The van der Waals surface area contributed by atoms with Gasteiger partial charge in [0.1, 0.15) is 4.21 Å². The van der Waals surface area contributed by atoms with Crippen molar-refractivity contribution in [1.29, 1.82) is 0 Å². The van der Waals surface area contributed by atoms with Crippen LogP contribution < -0.4 is 4.80 Å². The van der Waals surface area contributed by atoms with Gasteiger partial charge in [-0.1, -0.05) is 28.9 Å². The minimum absolute atomic E-state index is 0.0458. The minimum atomic E-state index is -3.93. The molecule has 3 rings (SSSR count). The number of esters is 1. The lowest BCUT2D eigenvalue weighted by molar-refractivity contribution is 0.0526. The van der Waals surface area contributed by atoms with Gasteiger partial charge in [0, 0.05) is 0 Å². The lowest BCUT2D eigenvalue weighted by atomic mass is 10.2. The summed E-state index contributed by atoms with van der Waals surface area (Å²) in [4.78, 5) is 12.2. The molecule has 0 N–H and O–H groups in total. The van der Waals surface area contributed by atoms with E-state index in [1.54, 1.807) is 29.7 Å². The van der Waals surface area contributed by atoms with Crippen LogP contribution in [0, 0.1) is 12.3 Å². The van der Waals surface area contributed by atoms with Gasteiger partial charge in [-0.2, -0.15) is 8.42 Å². The van der Waals surface area contributed by atoms with Crippen molar-refractivity contribution < 1.29 is 17.9 Å². The maximum Gasteiger partial charge on any atom is 0.338 e. The van der Waals surface area contributed by atoms with Crippen LogP contribution in [-0.2, 0) is 21.3 Å². The second-order valence-electron chi connectivity index (χ2n) is 5.20. The van der Waals surface area contributed by atoms with Gasteiger partial charge in [0.2, 0.25) is 4.80 Å². The lowest BCUT2D eigenvalue weighted by Crippen LogP contribution is -2.16. The maximum absolute atomic E-state index is 12.6. The fraction of sp³-hybridized carbons (Fsp3) is 0.176. The molecule has 0 spiro atoms. The molecule has 27 heavy (non-hydrogen) atoms. The van der Waals surface area contributed by atoms with E-state index >= 15 is 0 Å². The highest BCUT2D eigenvalue weighted by Crippen LogP contribution is 2.27. The Hall–Kier alpha value is -2.12. The van der Waals surface area contributed by atoms with Crippen LogP contribution in [0.1, 0.15) is 17.3 Å². The van der Waals surface area contributed by atoms with Crippen LogP contribution in [-0.4, -0.2) is 25.6 Å². The van der Waals surface area contributed by atoms with Gasteiger partial charge in [0.05, 0.1) is 33.3 Å². The Balaban J connectivity index is 2.18. The molecule has 0 bridgehead atoms. The van der Waals surface area contributed by atoms with Crippen LogP contribution in [0.4, 0.5) is 0 Å². The molecule has 0 saturated carbocycles. The molecule has 0 unspecified atom stereocenters. The summed E-state index contributed by atoms with van der Waals surface area (Å²) in [6, 6.07) is 7.85. The quantitative estimate of drug-likeness (QED) is 0.449. The largest absolute Gasteiger partial charge is 0.462 e. The highest BCUT2D eigenvalue weighted by molar-refractivity contribution is 7.92. The Morgan fingerprint density at radius 2 is 2.11 bits per heavy atom. The molecule has 0 aliphatic carbocycles. The number of halogens is 1. The Morgan fingerprint density at radius 3 is 2.74 bits per heavy atom. The summed E-state index contributed by atoms with van der Waals surface area (Å²) >= 11 is 7.88. The van der Waals surface area contributed by atoms with Crippen LogP contribution in [0.5, 0.6) is 0 Å². The highest BCUT2D eigenvalue weighted by Gasteiger charge is 2.18. The van der Waals surface area contributed by atoms with Crippen LogP contribution in [0.2, 0.25) is 4.34 Å². The topological polar surface area (TPSA) is 77.7 Å². The van der Waals surface area contributed by atoms with E-state index in [2.05, 4.69) is 10.3 Å². The van der Waals surface area contributed by atoms with E-state index in [1.807, 2.05) is 0 Å². The molecule has 2 aromatic heterocycles. The molecule has 0 aliphatic heterocycles. The zero-order chi connectivity index (χ0) is 19.6. The van der Waals surface area contributed by atoms with E-state index in [4.69, 9.17) is 22.8 Å². The van der Waals surface area contributed by atoms with E-state index in [9.17, 15) is 13.2 Å². The van der Waals surface area contributed by atoms with E-state index < -0.39 is 16.0 Å². The van der Waals surface area contributed by atoms with E-state index in [-0.39, 0.29) is 22.2 Å². The number of nitrogens with zero attached hydrogens (tertiary/aromatic N) is 2. The molecule has 140 valence electrons. The second kappa shape index (κ2) is 7.86. The van der Waals surface area contributed by atoms with Gasteiger partial charge >= 0.3 is 5.97 Å². The van der Waals surface area contributed by atoms with Crippen molar-refractivity contribution in [2.24, 2.45) is 4.40 Å². The number of sulfonamides is 1. The van der Waals surface area contributed by atoms with Gasteiger partial charge in [-0.3, -0.25) is 0 Å². The SMILES string of the molecule is C#CCn1c(=NS(=O)(=O)c2ccc(Cl)s2)sc2cc(C(=O)OCC)ccc21. The first-order valence-corrected chi connectivity index (χ1v) is 11.1. The zero-order valence-corrected chi connectivity index (χ0v) is 17.2. The third kappa shape index (κ3) is 4.09. The summed E-state index contributed by atoms with van der Waals surface area (Å²) in [5, 5.41) is 0. The number of carbonyl (C=O) groups is 1. The molecular formula is C17H13ClN2O4S3. The van der Waals surface area contributed by atoms with Crippen LogP contribution >= 0.6 is 34.3 Å². The molecule has 0 fully saturated rings. The predicted molar refractivity (Wildman–Crippen MR) is 107 cm³/mol. The molecule has 6 nitrogen and oxygen atoms in total. The van der Waals surface area contributed by atoms with Gasteiger partial charge in [-0.15, -0.1) is 22.2 Å². The number of hydrogen-bond donors (Lipinski definition) is 0. The average molecular weight is 441 g/mol. The normalized spacial score (nSPS) is 12.3. The number of thiophene rings is 1. The highest BCUT2D eigenvalue weighted by atomic mass is 35.5. The predicted octanol–water partition coefficient (Wildman–Crippen LogP) is 3.52. The number of hydrogen-bond acceptors (Lipinski definition) is 6. The van der Waals surface area contributed by atoms with Crippen molar-refractivity contribution in [3.05, 3.63) is 45.0 Å². The summed E-state index contributed by atoms with van der Waals surface area (Å²) in [5.74, 6) is 2.05.